The smallest absolute Gasteiger partial charge is 0.278 e. The number of amides is 1. The number of anilines is 2. The van der Waals surface area contributed by atoms with Gasteiger partial charge in [0.25, 0.3) is 5.91 Å². The minimum atomic E-state index is -0.432. The van der Waals surface area contributed by atoms with E-state index in [2.05, 4.69) is 20.3 Å². The topological polar surface area (TPSA) is 107 Å². The van der Waals surface area contributed by atoms with Crippen molar-refractivity contribution in [2.24, 2.45) is 0 Å². The second-order valence-electron chi connectivity index (χ2n) is 5.70. The summed E-state index contributed by atoms with van der Waals surface area (Å²) >= 11 is 0. The summed E-state index contributed by atoms with van der Waals surface area (Å²) in [7, 11) is 0. The van der Waals surface area contributed by atoms with Crippen LogP contribution >= 0.6 is 0 Å². The van der Waals surface area contributed by atoms with E-state index >= 15 is 0 Å². The van der Waals surface area contributed by atoms with Crippen molar-refractivity contribution in [3.05, 3.63) is 78.1 Å². The van der Waals surface area contributed by atoms with Crippen molar-refractivity contribution >= 4 is 28.5 Å². The summed E-state index contributed by atoms with van der Waals surface area (Å²) in [5, 5.41) is 2.74. The first-order valence-electron chi connectivity index (χ1n) is 8.00. The van der Waals surface area contributed by atoms with E-state index in [9.17, 15) is 4.79 Å². The van der Waals surface area contributed by atoms with Crippen LogP contribution < -0.4 is 11.1 Å². The summed E-state index contributed by atoms with van der Waals surface area (Å²) in [5.74, 6) is 0.266. The molecule has 1 amide bonds. The number of aromatic nitrogens is 3. The van der Waals surface area contributed by atoms with Crippen molar-refractivity contribution in [1.29, 1.82) is 0 Å². The molecule has 0 bridgehead atoms. The molecule has 0 saturated heterocycles. The third kappa shape index (κ3) is 3.23. The van der Waals surface area contributed by atoms with Crippen molar-refractivity contribution in [2.45, 2.75) is 6.42 Å². The number of hydrogen-bond donors (Lipinski definition) is 2. The molecule has 0 aliphatic heterocycles. The molecule has 0 atom stereocenters. The number of nitrogen functional groups attached to an aromatic ring is 1. The molecule has 7 heteroatoms. The molecule has 0 unspecified atom stereocenters. The maximum absolute atomic E-state index is 12.3. The van der Waals surface area contributed by atoms with Gasteiger partial charge in [0.15, 0.2) is 23.0 Å². The molecule has 3 N–H and O–H groups in total. The average molecular weight is 345 g/mol. The van der Waals surface area contributed by atoms with Gasteiger partial charge < -0.3 is 15.5 Å². The van der Waals surface area contributed by atoms with Crippen molar-refractivity contribution in [3.63, 3.8) is 0 Å². The van der Waals surface area contributed by atoms with Gasteiger partial charge in [-0.25, -0.2) is 15.0 Å². The number of nitrogens with one attached hydrogen (secondary N) is 1. The minimum Gasteiger partial charge on any atom is -0.440 e. The Balaban J connectivity index is 1.56. The predicted octanol–water partition coefficient (Wildman–Crippen LogP) is 3.04. The van der Waals surface area contributed by atoms with Crippen LogP contribution in [0.25, 0.3) is 11.1 Å². The van der Waals surface area contributed by atoms with E-state index in [1.807, 2.05) is 30.3 Å². The fraction of sp³-hybridized carbons (Fsp3) is 0.0526. The van der Waals surface area contributed by atoms with Gasteiger partial charge in [-0.3, -0.25) is 4.79 Å². The van der Waals surface area contributed by atoms with E-state index in [0.717, 1.165) is 11.1 Å². The van der Waals surface area contributed by atoms with Crippen LogP contribution in [0.1, 0.15) is 21.9 Å². The number of fused-ring (bicyclic) bond motifs is 1. The van der Waals surface area contributed by atoms with Crippen molar-refractivity contribution in [2.75, 3.05) is 11.1 Å². The van der Waals surface area contributed by atoms with Gasteiger partial charge in [0, 0.05) is 30.6 Å². The van der Waals surface area contributed by atoms with E-state index in [4.69, 9.17) is 10.2 Å². The fourth-order valence-electron chi connectivity index (χ4n) is 2.61. The van der Waals surface area contributed by atoms with Crippen LogP contribution in [-0.2, 0) is 6.42 Å². The Bertz CT molecular complexity index is 1080. The Labute approximate surface area is 148 Å². The highest BCUT2D eigenvalue weighted by Crippen LogP contribution is 2.22. The zero-order valence-corrected chi connectivity index (χ0v) is 13.7. The minimum absolute atomic E-state index is 0.0786. The first-order chi connectivity index (χ1) is 12.7. The SMILES string of the molecule is Nc1nccnc1C(=O)Nc1ccc2nc(Cc3ccccc3)oc2c1. The molecule has 0 spiro atoms. The van der Waals surface area contributed by atoms with Crippen LogP contribution in [0.3, 0.4) is 0 Å². The Morgan fingerprint density at radius 3 is 2.69 bits per heavy atom. The van der Waals surface area contributed by atoms with Gasteiger partial charge in [0.05, 0.1) is 0 Å². The molecule has 4 rings (SSSR count). The lowest BCUT2D eigenvalue weighted by Crippen LogP contribution is -2.16. The number of carbonyl (C=O) groups excluding carboxylic acids is 1. The number of nitrogens with zero attached hydrogens (tertiary/aromatic N) is 3. The van der Waals surface area contributed by atoms with Gasteiger partial charge in [-0.1, -0.05) is 30.3 Å². The summed E-state index contributed by atoms with van der Waals surface area (Å²) in [6.07, 6.45) is 3.45. The highest BCUT2D eigenvalue weighted by Gasteiger charge is 2.13. The number of nitrogens with two attached hydrogens (primary N) is 1. The summed E-state index contributed by atoms with van der Waals surface area (Å²) in [6, 6.07) is 15.2. The van der Waals surface area contributed by atoms with Gasteiger partial charge in [-0.15, -0.1) is 0 Å². The summed E-state index contributed by atoms with van der Waals surface area (Å²) in [5.41, 5.74) is 8.77. The Morgan fingerprint density at radius 2 is 1.88 bits per heavy atom. The van der Waals surface area contributed by atoms with Crippen molar-refractivity contribution in [3.8, 4) is 0 Å². The number of rotatable bonds is 4. The first-order valence-corrected chi connectivity index (χ1v) is 8.00. The quantitative estimate of drug-likeness (QED) is 0.589. The number of hydrogen-bond acceptors (Lipinski definition) is 6. The molecule has 2 aromatic carbocycles. The van der Waals surface area contributed by atoms with Crippen LogP contribution in [0.5, 0.6) is 0 Å². The van der Waals surface area contributed by atoms with Gasteiger partial charge in [-0.05, 0) is 17.7 Å². The molecule has 0 fully saturated rings. The Morgan fingerprint density at radius 1 is 1.08 bits per heavy atom. The number of oxazole rings is 1. The van der Waals surface area contributed by atoms with Crippen molar-refractivity contribution in [1.82, 2.24) is 15.0 Å². The molecule has 7 nitrogen and oxygen atoms in total. The first kappa shape index (κ1) is 15.8. The van der Waals surface area contributed by atoms with Gasteiger partial charge in [-0.2, -0.15) is 0 Å². The lowest BCUT2D eigenvalue weighted by atomic mass is 10.1. The summed E-state index contributed by atoms with van der Waals surface area (Å²) in [6.45, 7) is 0. The highest BCUT2D eigenvalue weighted by molar-refractivity contribution is 6.06. The molecule has 0 radical (unpaired) electrons. The fourth-order valence-corrected chi connectivity index (χ4v) is 2.61. The maximum atomic E-state index is 12.3. The number of carbonyl (C=O) groups is 1. The Hall–Kier alpha value is -3.74. The van der Waals surface area contributed by atoms with Gasteiger partial charge in [0.2, 0.25) is 0 Å². The standard InChI is InChI=1S/C19H15N5O2/c20-18-17(21-8-9-22-18)19(25)23-13-6-7-14-15(11-13)26-16(24-14)10-12-4-2-1-3-5-12/h1-9,11H,10H2,(H2,20,22)(H,23,25). The maximum Gasteiger partial charge on any atom is 0.278 e. The second kappa shape index (κ2) is 6.64. The predicted molar refractivity (Wildman–Crippen MR) is 97.7 cm³/mol. The van der Waals surface area contributed by atoms with Crippen molar-refractivity contribution < 1.29 is 9.21 Å². The molecule has 2 aromatic heterocycles. The third-order valence-electron chi connectivity index (χ3n) is 3.83. The molecule has 2 heterocycles. The van der Waals surface area contributed by atoms with E-state index < -0.39 is 5.91 Å². The van der Waals surface area contributed by atoms with E-state index in [1.54, 1.807) is 18.2 Å². The monoisotopic (exact) mass is 345 g/mol. The van der Waals surface area contributed by atoms with Crippen LogP contribution in [0.4, 0.5) is 11.5 Å². The second-order valence-corrected chi connectivity index (χ2v) is 5.70. The van der Waals surface area contributed by atoms with Gasteiger partial charge in [0.1, 0.15) is 5.52 Å². The number of benzene rings is 2. The van der Waals surface area contributed by atoms with Crippen LogP contribution in [-0.4, -0.2) is 20.9 Å². The van der Waals surface area contributed by atoms with E-state index in [-0.39, 0.29) is 11.5 Å². The zero-order chi connectivity index (χ0) is 17.9. The van der Waals surface area contributed by atoms with Crippen LogP contribution in [0.2, 0.25) is 0 Å². The molecule has 0 saturated carbocycles. The van der Waals surface area contributed by atoms with Gasteiger partial charge >= 0.3 is 0 Å². The third-order valence-corrected chi connectivity index (χ3v) is 3.83. The summed E-state index contributed by atoms with van der Waals surface area (Å²) < 4.78 is 5.81. The Kier molecular flexibility index (Phi) is 4.03. The molecule has 26 heavy (non-hydrogen) atoms. The lowest BCUT2D eigenvalue weighted by molar-refractivity contribution is 0.102. The zero-order valence-electron chi connectivity index (χ0n) is 13.7. The molecule has 4 aromatic rings. The molecule has 0 aliphatic carbocycles. The van der Waals surface area contributed by atoms with Crippen LogP contribution in [0.15, 0.2) is 65.3 Å². The van der Waals surface area contributed by atoms with Crippen LogP contribution in [0, 0.1) is 0 Å². The average Bonchev–Trinajstić information content (AvgIpc) is 3.04. The molecule has 0 aliphatic rings. The normalized spacial score (nSPS) is 10.8. The lowest BCUT2D eigenvalue weighted by Gasteiger charge is -2.05. The highest BCUT2D eigenvalue weighted by atomic mass is 16.3. The summed E-state index contributed by atoms with van der Waals surface area (Å²) in [4.78, 5) is 24.6. The molecular weight excluding hydrogens is 330 g/mol. The molecule has 128 valence electrons. The van der Waals surface area contributed by atoms with E-state index in [1.165, 1.54) is 12.4 Å². The van der Waals surface area contributed by atoms with E-state index in [0.29, 0.717) is 23.6 Å². The largest absolute Gasteiger partial charge is 0.440 e. The molecular formula is C19H15N5O2.